The molecule has 0 amide bonds. The predicted molar refractivity (Wildman–Crippen MR) is 106 cm³/mol. The Hall–Kier alpha value is -1.84. The summed E-state index contributed by atoms with van der Waals surface area (Å²) in [5.41, 5.74) is 3.76. The summed E-state index contributed by atoms with van der Waals surface area (Å²) in [7, 11) is 0. The molecule has 2 aromatic carbocycles. The molecule has 4 heteroatoms. The first kappa shape index (κ1) is 18.9. The minimum absolute atomic E-state index is 0.128. The van der Waals surface area contributed by atoms with E-state index in [1.807, 2.05) is 12.1 Å². The number of hydrogen-bond donors (Lipinski definition) is 1. The van der Waals surface area contributed by atoms with Crippen molar-refractivity contribution in [1.29, 1.82) is 0 Å². The molecular weight excluding hydrogens is 346 g/mol. The van der Waals surface area contributed by atoms with Gasteiger partial charge in [-0.05, 0) is 60.7 Å². The number of benzene rings is 2. The molecule has 3 rings (SSSR count). The van der Waals surface area contributed by atoms with Crippen LogP contribution in [-0.2, 0) is 4.79 Å². The van der Waals surface area contributed by atoms with Crippen molar-refractivity contribution in [2.45, 2.75) is 38.6 Å². The molecule has 0 saturated carbocycles. The van der Waals surface area contributed by atoms with E-state index in [4.69, 9.17) is 11.6 Å². The molecule has 138 valence electrons. The van der Waals surface area contributed by atoms with Crippen LogP contribution in [-0.4, -0.2) is 29.1 Å². The van der Waals surface area contributed by atoms with Gasteiger partial charge in [-0.15, -0.1) is 0 Å². The molecule has 0 spiro atoms. The number of nitrogens with zero attached hydrogens (tertiary/aromatic N) is 1. The Balaban J connectivity index is 1.89. The molecular formula is C22H26ClNO2. The first-order valence-corrected chi connectivity index (χ1v) is 9.65. The van der Waals surface area contributed by atoms with Crippen LogP contribution >= 0.6 is 11.6 Å². The maximum absolute atomic E-state index is 11.3. The van der Waals surface area contributed by atoms with Crippen molar-refractivity contribution in [2.75, 3.05) is 13.1 Å². The Labute approximate surface area is 160 Å². The third-order valence-electron chi connectivity index (χ3n) is 5.35. The number of piperidine rings is 1. The Morgan fingerprint density at radius 2 is 1.42 bits per heavy atom. The summed E-state index contributed by atoms with van der Waals surface area (Å²) in [6.45, 7) is 5.97. The van der Waals surface area contributed by atoms with Crippen molar-refractivity contribution in [3.63, 3.8) is 0 Å². The second-order valence-corrected chi connectivity index (χ2v) is 7.86. The van der Waals surface area contributed by atoms with E-state index in [2.05, 4.69) is 55.1 Å². The van der Waals surface area contributed by atoms with Crippen LogP contribution in [0, 0.1) is 5.92 Å². The van der Waals surface area contributed by atoms with Crippen LogP contribution in [0.2, 0.25) is 5.02 Å². The quantitative estimate of drug-likeness (QED) is 0.770. The van der Waals surface area contributed by atoms with Gasteiger partial charge in [0, 0.05) is 5.02 Å². The van der Waals surface area contributed by atoms with Crippen LogP contribution in [0.15, 0.2) is 48.5 Å². The molecule has 3 nitrogen and oxygen atoms in total. The standard InChI is InChI=1S/C22H26ClNO2/c1-15(2)16-3-5-17(6-4-16)21(18-7-9-20(23)10-8-18)24-13-11-19(12-14-24)22(25)26/h3-10,15,19,21H,11-14H2,1-2H3,(H,25,26). The van der Waals surface area contributed by atoms with Crippen LogP contribution in [0.1, 0.15) is 55.3 Å². The minimum atomic E-state index is -0.672. The van der Waals surface area contributed by atoms with Crippen LogP contribution < -0.4 is 0 Å². The van der Waals surface area contributed by atoms with Gasteiger partial charge in [0.2, 0.25) is 0 Å². The zero-order valence-corrected chi connectivity index (χ0v) is 16.1. The number of carboxylic acids is 1. The summed E-state index contributed by atoms with van der Waals surface area (Å²) < 4.78 is 0. The molecule has 1 saturated heterocycles. The molecule has 1 aliphatic heterocycles. The number of halogens is 1. The third-order valence-corrected chi connectivity index (χ3v) is 5.60. The van der Waals surface area contributed by atoms with Gasteiger partial charge >= 0.3 is 5.97 Å². The predicted octanol–water partition coefficient (Wildman–Crippen LogP) is 5.35. The van der Waals surface area contributed by atoms with Crippen LogP contribution in [0.5, 0.6) is 0 Å². The summed E-state index contributed by atoms with van der Waals surface area (Å²) in [5, 5.41) is 10.0. The monoisotopic (exact) mass is 371 g/mol. The largest absolute Gasteiger partial charge is 0.481 e. The summed E-state index contributed by atoms with van der Waals surface area (Å²) in [6.07, 6.45) is 1.40. The van der Waals surface area contributed by atoms with E-state index >= 15 is 0 Å². The van der Waals surface area contributed by atoms with E-state index in [9.17, 15) is 9.90 Å². The summed E-state index contributed by atoms with van der Waals surface area (Å²) in [6, 6.07) is 16.9. The lowest BCUT2D eigenvalue weighted by molar-refractivity contribution is -0.143. The van der Waals surface area contributed by atoms with Crippen molar-refractivity contribution >= 4 is 17.6 Å². The first-order valence-electron chi connectivity index (χ1n) is 9.28. The van der Waals surface area contributed by atoms with Gasteiger partial charge in [-0.2, -0.15) is 0 Å². The fourth-order valence-corrected chi connectivity index (χ4v) is 3.85. The molecule has 1 heterocycles. The van der Waals surface area contributed by atoms with E-state index < -0.39 is 5.97 Å². The second-order valence-electron chi connectivity index (χ2n) is 7.42. The maximum atomic E-state index is 11.3. The molecule has 1 atom stereocenters. The Bertz CT molecular complexity index is 732. The van der Waals surface area contributed by atoms with Crippen molar-refractivity contribution in [3.05, 3.63) is 70.2 Å². The zero-order valence-electron chi connectivity index (χ0n) is 15.4. The second kappa shape index (κ2) is 8.24. The van der Waals surface area contributed by atoms with Crippen molar-refractivity contribution < 1.29 is 9.90 Å². The normalized spacial score (nSPS) is 17.4. The molecule has 0 aliphatic carbocycles. The molecule has 1 fully saturated rings. The summed E-state index contributed by atoms with van der Waals surface area (Å²) in [4.78, 5) is 13.7. The Morgan fingerprint density at radius 1 is 0.962 bits per heavy atom. The smallest absolute Gasteiger partial charge is 0.306 e. The summed E-state index contributed by atoms with van der Waals surface area (Å²) >= 11 is 6.08. The Kier molecular flexibility index (Phi) is 6.00. The lowest BCUT2D eigenvalue weighted by Crippen LogP contribution is -2.39. The maximum Gasteiger partial charge on any atom is 0.306 e. The topological polar surface area (TPSA) is 40.5 Å². The van der Waals surface area contributed by atoms with Crippen LogP contribution in [0.4, 0.5) is 0 Å². The van der Waals surface area contributed by atoms with Crippen molar-refractivity contribution in [1.82, 2.24) is 4.90 Å². The lowest BCUT2D eigenvalue weighted by Gasteiger charge is -2.37. The highest BCUT2D eigenvalue weighted by Gasteiger charge is 2.30. The van der Waals surface area contributed by atoms with E-state index in [-0.39, 0.29) is 12.0 Å². The van der Waals surface area contributed by atoms with Crippen LogP contribution in [0.25, 0.3) is 0 Å². The Morgan fingerprint density at radius 3 is 1.88 bits per heavy atom. The average molecular weight is 372 g/mol. The minimum Gasteiger partial charge on any atom is -0.481 e. The molecule has 2 aromatic rings. The van der Waals surface area contributed by atoms with Gasteiger partial charge in [0.15, 0.2) is 0 Å². The lowest BCUT2D eigenvalue weighted by atomic mass is 9.90. The van der Waals surface area contributed by atoms with E-state index in [1.54, 1.807) is 0 Å². The van der Waals surface area contributed by atoms with Crippen LogP contribution in [0.3, 0.4) is 0 Å². The number of aliphatic carboxylic acids is 1. The number of carboxylic acid groups (broad SMARTS) is 1. The molecule has 0 radical (unpaired) electrons. The van der Waals surface area contributed by atoms with Crippen molar-refractivity contribution in [2.24, 2.45) is 5.92 Å². The number of rotatable bonds is 5. The first-order chi connectivity index (χ1) is 12.5. The van der Waals surface area contributed by atoms with Gasteiger partial charge in [-0.25, -0.2) is 0 Å². The van der Waals surface area contributed by atoms with Gasteiger partial charge in [0.25, 0.3) is 0 Å². The van der Waals surface area contributed by atoms with Gasteiger partial charge in [0.05, 0.1) is 12.0 Å². The van der Waals surface area contributed by atoms with Gasteiger partial charge in [-0.1, -0.05) is 61.8 Å². The highest BCUT2D eigenvalue weighted by molar-refractivity contribution is 6.30. The molecule has 1 N–H and O–H groups in total. The fraction of sp³-hybridized carbons (Fsp3) is 0.409. The SMILES string of the molecule is CC(C)c1ccc(C(c2ccc(Cl)cc2)N2CCC(C(=O)O)CC2)cc1. The molecule has 1 aliphatic rings. The molecule has 1 unspecified atom stereocenters. The highest BCUT2D eigenvalue weighted by Crippen LogP contribution is 2.33. The fourth-order valence-electron chi connectivity index (χ4n) is 3.73. The number of likely N-dealkylation sites (tertiary alicyclic amines) is 1. The number of hydrogen-bond acceptors (Lipinski definition) is 2. The van der Waals surface area contributed by atoms with Gasteiger partial charge < -0.3 is 5.11 Å². The summed E-state index contributed by atoms with van der Waals surface area (Å²) in [5.74, 6) is -0.390. The van der Waals surface area contributed by atoms with Gasteiger partial charge in [-0.3, -0.25) is 9.69 Å². The van der Waals surface area contributed by atoms with E-state index in [0.717, 1.165) is 18.1 Å². The van der Waals surface area contributed by atoms with Crippen molar-refractivity contribution in [3.8, 4) is 0 Å². The van der Waals surface area contributed by atoms with E-state index in [0.29, 0.717) is 18.8 Å². The third kappa shape index (κ3) is 4.28. The van der Waals surface area contributed by atoms with E-state index in [1.165, 1.54) is 16.7 Å². The number of carbonyl (C=O) groups is 1. The molecule has 26 heavy (non-hydrogen) atoms. The molecule has 0 bridgehead atoms. The zero-order chi connectivity index (χ0) is 18.7. The van der Waals surface area contributed by atoms with Gasteiger partial charge in [0.1, 0.15) is 0 Å². The average Bonchev–Trinajstić information content (AvgIpc) is 2.64. The molecule has 0 aromatic heterocycles. The highest BCUT2D eigenvalue weighted by atomic mass is 35.5.